The van der Waals surface area contributed by atoms with Crippen LogP contribution in [0.5, 0.6) is 0 Å². The van der Waals surface area contributed by atoms with Gasteiger partial charge in [-0.1, -0.05) is 18.2 Å². The van der Waals surface area contributed by atoms with Crippen molar-refractivity contribution in [2.75, 3.05) is 0 Å². The monoisotopic (exact) mass is 174 g/mol. The molecule has 0 spiro atoms. The first kappa shape index (κ1) is 8.01. The average molecular weight is 174 g/mol. The van der Waals surface area contributed by atoms with Gasteiger partial charge in [0, 0.05) is 11.9 Å². The van der Waals surface area contributed by atoms with E-state index >= 15 is 0 Å². The molecule has 0 fully saturated rings. The second-order valence-electron chi connectivity index (χ2n) is 2.77. The quantitative estimate of drug-likeness (QED) is 0.746. The zero-order valence-electron chi connectivity index (χ0n) is 7.09. The third kappa shape index (κ3) is 1.60. The van der Waals surface area contributed by atoms with Crippen molar-refractivity contribution in [2.24, 2.45) is 0 Å². The van der Waals surface area contributed by atoms with Gasteiger partial charge >= 0.3 is 0 Å². The van der Waals surface area contributed by atoms with Crippen LogP contribution in [0.4, 0.5) is 0 Å². The van der Waals surface area contributed by atoms with Gasteiger partial charge < -0.3 is 9.67 Å². The highest BCUT2D eigenvalue weighted by atomic mass is 16.3. The van der Waals surface area contributed by atoms with Crippen molar-refractivity contribution < 1.29 is 5.11 Å². The second kappa shape index (κ2) is 3.41. The summed E-state index contributed by atoms with van der Waals surface area (Å²) in [6, 6.07) is 9.88. The van der Waals surface area contributed by atoms with Gasteiger partial charge in [-0.3, -0.25) is 0 Å². The van der Waals surface area contributed by atoms with Crippen molar-refractivity contribution in [3.63, 3.8) is 0 Å². The number of para-hydroxylation sites is 1. The molecule has 1 N–H and O–H groups in total. The fourth-order valence-electron chi connectivity index (χ4n) is 1.19. The lowest BCUT2D eigenvalue weighted by atomic mass is 10.3. The van der Waals surface area contributed by atoms with Gasteiger partial charge in [-0.15, -0.1) is 0 Å². The van der Waals surface area contributed by atoms with Crippen molar-refractivity contribution in [2.45, 2.75) is 6.61 Å². The molecule has 13 heavy (non-hydrogen) atoms. The number of aliphatic hydroxyl groups is 1. The zero-order valence-corrected chi connectivity index (χ0v) is 7.09. The molecule has 0 saturated heterocycles. The van der Waals surface area contributed by atoms with E-state index in [0.717, 1.165) is 5.69 Å². The summed E-state index contributed by atoms with van der Waals surface area (Å²) in [4.78, 5) is 4.02. The van der Waals surface area contributed by atoms with E-state index in [1.165, 1.54) is 0 Å². The van der Waals surface area contributed by atoms with E-state index in [9.17, 15) is 0 Å². The normalized spacial score (nSPS) is 10.2. The summed E-state index contributed by atoms with van der Waals surface area (Å²) in [5.74, 6) is 0. The van der Waals surface area contributed by atoms with Gasteiger partial charge in [0.25, 0.3) is 0 Å². The maximum absolute atomic E-state index is 8.82. The Hall–Kier alpha value is -1.61. The summed E-state index contributed by atoms with van der Waals surface area (Å²) in [6.07, 6.45) is 3.51. The first-order valence-electron chi connectivity index (χ1n) is 4.09. The number of hydrogen-bond donors (Lipinski definition) is 1. The number of rotatable bonds is 2. The molecule has 2 rings (SSSR count). The Labute approximate surface area is 76.3 Å². The molecule has 0 bridgehead atoms. The largest absolute Gasteiger partial charge is 0.390 e. The molecular formula is C10H10N2O. The molecule has 0 saturated carbocycles. The summed E-state index contributed by atoms with van der Waals surface area (Å²) >= 11 is 0. The summed E-state index contributed by atoms with van der Waals surface area (Å²) < 4.78 is 1.88. The van der Waals surface area contributed by atoms with Crippen LogP contribution >= 0.6 is 0 Å². The number of benzene rings is 1. The highest BCUT2D eigenvalue weighted by Crippen LogP contribution is 2.07. The molecule has 0 amide bonds. The van der Waals surface area contributed by atoms with Crippen molar-refractivity contribution in [3.05, 3.63) is 48.5 Å². The second-order valence-corrected chi connectivity index (χ2v) is 2.77. The van der Waals surface area contributed by atoms with Crippen LogP contribution in [0.1, 0.15) is 5.69 Å². The van der Waals surface area contributed by atoms with Gasteiger partial charge in [0.15, 0.2) is 0 Å². The Morgan fingerprint density at radius 1 is 1.23 bits per heavy atom. The number of aliphatic hydroxyl groups excluding tert-OH is 1. The Balaban J connectivity index is 2.36. The van der Waals surface area contributed by atoms with Crippen LogP contribution in [0.15, 0.2) is 42.9 Å². The Morgan fingerprint density at radius 3 is 2.62 bits per heavy atom. The van der Waals surface area contributed by atoms with Crippen LogP contribution in [-0.4, -0.2) is 14.7 Å². The van der Waals surface area contributed by atoms with Crippen molar-refractivity contribution in [1.29, 1.82) is 0 Å². The number of imidazole rings is 1. The predicted octanol–water partition coefficient (Wildman–Crippen LogP) is 1.36. The SMILES string of the molecule is OCc1cn(-c2ccccc2)cn1. The van der Waals surface area contributed by atoms with Gasteiger partial charge in [-0.05, 0) is 12.1 Å². The molecule has 3 nitrogen and oxygen atoms in total. The molecule has 0 radical (unpaired) electrons. The number of aromatic nitrogens is 2. The molecular weight excluding hydrogens is 164 g/mol. The molecule has 0 atom stereocenters. The lowest BCUT2D eigenvalue weighted by Gasteiger charge is -1.98. The van der Waals surface area contributed by atoms with E-state index in [1.807, 2.05) is 41.1 Å². The maximum Gasteiger partial charge on any atom is 0.0996 e. The molecule has 0 aliphatic heterocycles. The molecule has 1 aromatic heterocycles. The molecule has 66 valence electrons. The van der Waals surface area contributed by atoms with Crippen molar-refractivity contribution in [3.8, 4) is 5.69 Å². The molecule has 0 aliphatic rings. The Bertz CT molecular complexity index is 381. The highest BCUT2D eigenvalue weighted by Gasteiger charge is 1.97. The Morgan fingerprint density at radius 2 is 2.00 bits per heavy atom. The topological polar surface area (TPSA) is 38.0 Å². The third-order valence-electron chi connectivity index (χ3n) is 1.85. The first-order valence-corrected chi connectivity index (χ1v) is 4.09. The highest BCUT2D eigenvalue weighted by molar-refractivity contribution is 5.31. The van der Waals surface area contributed by atoms with Crippen LogP contribution in [0, 0.1) is 0 Å². The molecule has 1 aromatic carbocycles. The van der Waals surface area contributed by atoms with Crippen molar-refractivity contribution in [1.82, 2.24) is 9.55 Å². The molecule has 0 aliphatic carbocycles. The fraction of sp³-hybridized carbons (Fsp3) is 0.100. The van der Waals surface area contributed by atoms with E-state index in [2.05, 4.69) is 4.98 Å². The zero-order chi connectivity index (χ0) is 9.10. The van der Waals surface area contributed by atoms with E-state index in [-0.39, 0.29) is 6.61 Å². The predicted molar refractivity (Wildman–Crippen MR) is 49.5 cm³/mol. The van der Waals surface area contributed by atoms with Gasteiger partial charge in [0.1, 0.15) is 0 Å². The van der Waals surface area contributed by atoms with Gasteiger partial charge in [0.2, 0.25) is 0 Å². The minimum Gasteiger partial charge on any atom is -0.390 e. The van der Waals surface area contributed by atoms with Gasteiger partial charge in [-0.25, -0.2) is 4.98 Å². The molecule has 0 unspecified atom stereocenters. The van der Waals surface area contributed by atoms with Crippen LogP contribution in [0.25, 0.3) is 5.69 Å². The average Bonchev–Trinajstić information content (AvgIpc) is 2.67. The van der Waals surface area contributed by atoms with Crippen LogP contribution < -0.4 is 0 Å². The first-order chi connectivity index (χ1) is 6.40. The van der Waals surface area contributed by atoms with E-state index in [4.69, 9.17) is 5.11 Å². The summed E-state index contributed by atoms with van der Waals surface area (Å²) in [7, 11) is 0. The molecule has 3 heteroatoms. The van der Waals surface area contributed by atoms with Gasteiger partial charge in [0.05, 0.1) is 18.6 Å². The summed E-state index contributed by atoms with van der Waals surface area (Å²) in [6.45, 7) is -0.0141. The fourth-order valence-corrected chi connectivity index (χ4v) is 1.19. The van der Waals surface area contributed by atoms with Crippen molar-refractivity contribution >= 4 is 0 Å². The summed E-state index contributed by atoms with van der Waals surface area (Å²) in [5, 5.41) is 8.82. The van der Waals surface area contributed by atoms with Gasteiger partial charge in [-0.2, -0.15) is 0 Å². The smallest absolute Gasteiger partial charge is 0.0996 e. The van der Waals surface area contributed by atoms with E-state index < -0.39 is 0 Å². The van der Waals surface area contributed by atoms with E-state index in [0.29, 0.717) is 5.69 Å². The Kier molecular flexibility index (Phi) is 2.10. The standard InChI is InChI=1S/C10H10N2O/c13-7-9-6-12(8-11-9)10-4-2-1-3-5-10/h1-6,8,13H,7H2. The molecule has 2 aromatic rings. The lowest BCUT2D eigenvalue weighted by Crippen LogP contribution is -1.88. The van der Waals surface area contributed by atoms with Crippen LogP contribution in [0.2, 0.25) is 0 Å². The minimum atomic E-state index is -0.0141. The number of nitrogens with zero attached hydrogens (tertiary/aromatic N) is 2. The number of hydrogen-bond acceptors (Lipinski definition) is 2. The maximum atomic E-state index is 8.82. The van der Waals surface area contributed by atoms with Crippen LogP contribution in [0.3, 0.4) is 0 Å². The lowest BCUT2D eigenvalue weighted by molar-refractivity contribution is 0.277. The third-order valence-corrected chi connectivity index (χ3v) is 1.85. The molecule has 1 heterocycles. The van der Waals surface area contributed by atoms with Crippen LogP contribution in [-0.2, 0) is 6.61 Å². The minimum absolute atomic E-state index is 0.0141. The summed E-state index contributed by atoms with van der Waals surface area (Å²) in [5.41, 5.74) is 1.73. The van der Waals surface area contributed by atoms with E-state index in [1.54, 1.807) is 6.33 Å².